The minimum Gasteiger partial charge on any atom is -0.393 e. The number of alkyl halides is 1. The van der Waals surface area contributed by atoms with Gasteiger partial charge in [0.1, 0.15) is 5.41 Å². The first kappa shape index (κ1) is 7.32. The molecule has 0 rings (SSSR count). The van der Waals surface area contributed by atoms with Crippen molar-refractivity contribution >= 4 is 9.24 Å². The first-order valence-corrected chi connectivity index (χ1v) is 2.79. The van der Waals surface area contributed by atoms with E-state index in [1.807, 2.05) is 9.24 Å². The van der Waals surface area contributed by atoms with E-state index in [1.165, 1.54) is 0 Å². The molecule has 0 aromatic carbocycles. The van der Waals surface area contributed by atoms with Crippen LogP contribution in [0.4, 0.5) is 4.39 Å². The predicted octanol–water partition coefficient (Wildman–Crippen LogP) is 0.930. The summed E-state index contributed by atoms with van der Waals surface area (Å²) in [5.74, 6) is 0. The van der Waals surface area contributed by atoms with Crippen LogP contribution >= 0.6 is 9.24 Å². The summed E-state index contributed by atoms with van der Waals surface area (Å²) in [6, 6.07) is 0. The predicted molar refractivity (Wildman–Crippen MR) is 30.9 cm³/mol. The third-order valence-electron chi connectivity index (χ3n) is 0.851. The number of aliphatic hydroxyl groups is 1. The molecule has 0 heterocycles. The Morgan fingerprint density at radius 2 is 2.29 bits per heavy atom. The molecule has 0 aliphatic carbocycles. The van der Waals surface area contributed by atoms with Gasteiger partial charge in [0.05, 0.1) is 6.61 Å². The molecule has 0 saturated heterocycles. The van der Waals surface area contributed by atoms with Gasteiger partial charge in [-0.2, -0.15) is 0 Å². The van der Waals surface area contributed by atoms with E-state index in [9.17, 15) is 4.39 Å². The highest BCUT2D eigenvalue weighted by molar-refractivity contribution is 7.18. The van der Waals surface area contributed by atoms with Crippen LogP contribution in [0.1, 0.15) is 13.3 Å². The second kappa shape index (κ2) is 2.58. The molecular weight excluding hydrogens is 114 g/mol. The van der Waals surface area contributed by atoms with E-state index in [2.05, 4.69) is 0 Å². The molecular formula is C4H10FOP. The maximum absolute atomic E-state index is 12.3. The zero-order valence-corrected chi connectivity index (χ0v) is 5.47. The van der Waals surface area contributed by atoms with Crippen molar-refractivity contribution in [2.45, 2.75) is 18.8 Å². The largest absolute Gasteiger partial charge is 0.393 e. The number of rotatable bonds is 2. The third-order valence-corrected chi connectivity index (χ3v) is 1.44. The Balaban J connectivity index is 3.36. The molecule has 44 valence electrons. The van der Waals surface area contributed by atoms with Gasteiger partial charge >= 0.3 is 0 Å². The first-order chi connectivity index (χ1) is 3.12. The highest BCUT2D eigenvalue weighted by Crippen LogP contribution is 2.22. The molecule has 7 heavy (non-hydrogen) atoms. The lowest BCUT2D eigenvalue weighted by molar-refractivity contribution is 0.146. The molecule has 1 N–H and O–H groups in total. The Morgan fingerprint density at radius 3 is 2.29 bits per heavy atom. The molecule has 3 heteroatoms. The fourth-order valence-corrected chi connectivity index (χ4v) is 0.112. The van der Waals surface area contributed by atoms with Gasteiger partial charge in [-0.25, -0.2) is 4.39 Å². The second-order valence-electron chi connectivity index (χ2n) is 1.55. The Bertz CT molecular complexity index is 49.7. The molecule has 0 aromatic rings. The molecule has 2 unspecified atom stereocenters. The van der Waals surface area contributed by atoms with Crippen molar-refractivity contribution < 1.29 is 9.50 Å². The van der Waals surface area contributed by atoms with Gasteiger partial charge in [-0.3, -0.25) is 0 Å². The highest BCUT2D eigenvalue weighted by atomic mass is 31.0. The average molecular weight is 124 g/mol. The fraction of sp³-hybridized carbons (Fsp3) is 1.00. The SMILES string of the molecule is CCC(F)(P)CO. The average Bonchev–Trinajstić information content (AvgIpc) is 1.68. The number of aliphatic hydroxyl groups excluding tert-OH is 1. The van der Waals surface area contributed by atoms with E-state index < -0.39 is 12.0 Å². The van der Waals surface area contributed by atoms with E-state index in [0.717, 1.165) is 0 Å². The molecule has 0 bridgehead atoms. The van der Waals surface area contributed by atoms with Gasteiger partial charge in [-0.15, -0.1) is 0 Å². The Labute approximate surface area is 45.1 Å². The highest BCUT2D eigenvalue weighted by Gasteiger charge is 2.17. The van der Waals surface area contributed by atoms with Crippen LogP contribution in [0.5, 0.6) is 0 Å². The maximum atomic E-state index is 12.3. The summed E-state index contributed by atoms with van der Waals surface area (Å²) in [7, 11) is 1.95. The van der Waals surface area contributed by atoms with Crippen molar-refractivity contribution in [2.24, 2.45) is 0 Å². The van der Waals surface area contributed by atoms with Crippen LogP contribution in [0.25, 0.3) is 0 Å². The van der Waals surface area contributed by atoms with Crippen molar-refractivity contribution in [3.63, 3.8) is 0 Å². The van der Waals surface area contributed by atoms with Gasteiger partial charge in [-0.05, 0) is 6.42 Å². The van der Waals surface area contributed by atoms with Crippen molar-refractivity contribution in [1.29, 1.82) is 0 Å². The molecule has 0 saturated carbocycles. The van der Waals surface area contributed by atoms with E-state index in [-0.39, 0.29) is 0 Å². The molecule has 0 aliphatic heterocycles. The molecule has 0 radical (unpaired) electrons. The van der Waals surface area contributed by atoms with Crippen LogP contribution in [-0.4, -0.2) is 17.1 Å². The molecule has 0 aliphatic rings. The number of hydrogen-bond donors (Lipinski definition) is 1. The summed E-state index contributed by atoms with van der Waals surface area (Å²) in [6.07, 6.45) is 0.341. The van der Waals surface area contributed by atoms with Crippen LogP contribution in [0, 0.1) is 0 Å². The van der Waals surface area contributed by atoms with Gasteiger partial charge in [0.25, 0.3) is 0 Å². The van der Waals surface area contributed by atoms with E-state index >= 15 is 0 Å². The Morgan fingerprint density at radius 1 is 1.86 bits per heavy atom. The van der Waals surface area contributed by atoms with Crippen LogP contribution in [0.15, 0.2) is 0 Å². The maximum Gasteiger partial charge on any atom is 0.146 e. The molecule has 0 aromatic heterocycles. The first-order valence-electron chi connectivity index (χ1n) is 2.21. The van der Waals surface area contributed by atoms with Crippen molar-refractivity contribution in [2.75, 3.05) is 6.61 Å². The van der Waals surface area contributed by atoms with E-state index in [1.54, 1.807) is 6.92 Å². The minimum absolute atomic E-state index is 0.341. The summed E-state index contributed by atoms with van der Waals surface area (Å²) in [4.78, 5) is 0. The summed E-state index contributed by atoms with van der Waals surface area (Å²) in [5.41, 5.74) is 0. The zero-order valence-electron chi connectivity index (χ0n) is 4.32. The molecule has 0 fully saturated rings. The summed E-state index contributed by atoms with van der Waals surface area (Å²) in [6.45, 7) is 1.28. The van der Waals surface area contributed by atoms with Crippen molar-refractivity contribution in [1.82, 2.24) is 0 Å². The van der Waals surface area contributed by atoms with Gasteiger partial charge in [0, 0.05) is 0 Å². The lowest BCUT2D eigenvalue weighted by Crippen LogP contribution is -2.16. The van der Waals surface area contributed by atoms with E-state index in [0.29, 0.717) is 6.42 Å². The standard InChI is InChI=1S/C4H10FOP/c1-2-4(5,7)3-6/h6H,2-3,7H2,1H3. The van der Waals surface area contributed by atoms with Crippen LogP contribution < -0.4 is 0 Å². The van der Waals surface area contributed by atoms with Crippen molar-refractivity contribution in [3.05, 3.63) is 0 Å². The van der Waals surface area contributed by atoms with Gasteiger partial charge < -0.3 is 5.11 Å². The summed E-state index contributed by atoms with van der Waals surface area (Å²) >= 11 is 0. The smallest absolute Gasteiger partial charge is 0.146 e. The van der Waals surface area contributed by atoms with Crippen LogP contribution in [-0.2, 0) is 0 Å². The topological polar surface area (TPSA) is 20.2 Å². The zero-order chi connectivity index (χ0) is 5.91. The van der Waals surface area contributed by atoms with Crippen LogP contribution in [0.3, 0.4) is 0 Å². The minimum atomic E-state index is -1.44. The lowest BCUT2D eigenvalue weighted by Gasteiger charge is -2.12. The lowest BCUT2D eigenvalue weighted by atomic mass is 10.3. The molecule has 0 spiro atoms. The fourth-order valence-electron chi connectivity index (χ4n) is 0.112. The Kier molecular flexibility index (Phi) is 2.70. The number of halogens is 1. The third kappa shape index (κ3) is 2.95. The van der Waals surface area contributed by atoms with Crippen molar-refractivity contribution in [3.8, 4) is 0 Å². The Hall–Kier alpha value is 0.320. The van der Waals surface area contributed by atoms with E-state index in [4.69, 9.17) is 5.11 Å². The quantitative estimate of drug-likeness (QED) is 0.543. The molecule has 1 nitrogen and oxygen atoms in total. The van der Waals surface area contributed by atoms with Gasteiger partial charge in [0.2, 0.25) is 0 Å². The van der Waals surface area contributed by atoms with Gasteiger partial charge in [-0.1, -0.05) is 16.2 Å². The number of hydrogen-bond acceptors (Lipinski definition) is 1. The normalized spacial score (nSPS) is 18.9. The van der Waals surface area contributed by atoms with Gasteiger partial charge in [0.15, 0.2) is 0 Å². The molecule has 2 atom stereocenters. The second-order valence-corrected chi connectivity index (χ2v) is 2.58. The van der Waals surface area contributed by atoms with Crippen LogP contribution in [0.2, 0.25) is 0 Å². The monoisotopic (exact) mass is 124 g/mol. The molecule has 0 amide bonds. The summed E-state index contributed by atoms with van der Waals surface area (Å²) < 4.78 is 12.3. The summed E-state index contributed by atoms with van der Waals surface area (Å²) in [5, 5.41) is 6.75.